The molecule has 0 aromatic heterocycles. The van der Waals surface area contributed by atoms with Crippen LogP contribution in [0.25, 0.3) is 0 Å². The number of carbonyl (C=O) groups is 13. The highest BCUT2D eigenvalue weighted by Gasteiger charge is 2.43. The molecule has 30 heteroatoms. The van der Waals surface area contributed by atoms with Crippen LogP contribution < -0.4 is 26.6 Å². The molecule has 3 aliphatic rings. The molecule has 2 atom stereocenters. The summed E-state index contributed by atoms with van der Waals surface area (Å²) in [6, 6.07) is -0.971. The highest BCUT2D eigenvalue weighted by Crippen LogP contribution is 2.32. The number of hydrogen-bond donors (Lipinski definition) is 8. The monoisotopic (exact) mass is 1270 g/mol. The third-order valence-electron chi connectivity index (χ3n) is 11.6. The average Bonchev–Trinajstić information content (AvgIpc) is 1.98. The van der Waals surface area contributed by atoms with Crippen LogP contribution in [0.5, 0.6) is 0 Å². The molecule has 0 aromatic rings. The number of carboxylic acid groups (broad SMARTS) is 3. The van der Waals surface area contributed by atoms with Gasteiger partial charge in [-0.1, -0.05) is 12.7 Å². The minimum atomic E-state index is -1.27. The van der Waals surface area contributed by atoms with Crippen molar-refractivity contribution in [3.05, 3.63) is 58.2 Å². The number of amides is 7. The van der Waals surface area contributed by atoms with Gasteiger partial charge in [0.15, 0.2) is 0 Å². The Labute approximate surface area is 515 Å². The smallest absolute Gasteiger partial charge is 0.334 e. The molecular weight excluding hydrogens is 1180 g/mol. The van der Waals surface area contributed by atoms with Gasteiger partial charge in [-0.2, -0.15) is 35.3 Å². The lowest BCUT2D eigenvalue weighted by atomic mass is 9.96. The van der Waals surface area contributed by atoms with E-state index in [1.54, 1.807) is 90.7 Å². The van der Waals surface area contributed by atoms with Crippen LogP contribution in [-0.2, 0) is 76.5 Å². The van der Waals surface area contributed by atoms with Crippen molar-refractivity contribution < 1.29 is 91.9 Å². The second-order valence-electron chi connectivity index (χ2n) is 20.9. The predicted molar refractivity (Wildman–Crippen MR) is 324 cm³/mol. The number of thioether (sulfide) groups is 3. The fraction of sp³-hybridized carbons (Fsp3) is 0.589. The van der Waals surface area contributed by atoms with E-state index in [1.165, 1.54) is 37.8 Å². The average molecular weight is 1270 g/mol. The van der Waals surface area contributed by atoms with Crippen molar-refractivity contribution in [3.63, 3.8) is 0 Å². The van der Waals surface area contributed by atoms with Crippen LogP contribution in [0.3, 0.4) is 0 Å². The number of nitrogens with one attached hydrogen (secondary N) is 5. The second kappa shape index (κ2) is 39.4. The Morgan fingerprint density at radius 1 is 0.616 bits per heavy atom. The fourth-order valence-electron chi connectivity index (χ4n) is 7.72. The molecule has 3 rings (SSSR count). The Bertz CT molecular complexity index is 2620. The first-order valence-electron chi connectivity index (χ1n) is 26.9. The Balaban J connectivity index is 0.00000113. The number of carbonyl (C=O) groups excluding carboxylic acids is 10. The molecule has 0 radical (unpaired) electrons. The van der Waals surface area contributed by atoms with Crippen LogP contribution in [-0.4, -0.2) is 213 Å². The second-order valence-corrected chi connectivity index (χ2v) is 23.8. The zero-order valence-corrected chi connectivity index (χ0v) is 54.0. The number of carboxylic acids is 3. The third-order valence-corrected chi connectivity index (χ3v) is 13.4. The Kier molecular flexibility index (Phi) is 36.0. The van der Waals surface area contributed by atoms with Crippen molar-refractivity contribution in [1.82, 2.24) is 41.3 Å². The van der Waals surface area contributed by atoms with E-state index in [2.05, 4.69) is 33.2 Å². The summed E-state index contributed by atoms with van der Waals surface area (Å²) in [5.41, 5.74) is 0.122. The summed E-state index contributed by atoms with van der Waals surface area (Å²) in [6.45, 7) is 22.2. The predicted octanol–water partition coefficient (Wildman–Crippen LogP) is 2.57. The van der Waals surface area contributed by atoms with Crippen LogP contribution in [0.1, 0.15) is 102 Å². The van der Waals surface area contributed by atoms with Crippen molar-refractivity contribution in [3.8, 4) is 0 Å². The summed E-state index contributed by atoms with van der Waals surface area (Å²) < 4.78 is 15.0. The summed E-state index contributed by atoms with van der Waals surface area (Å²) in [4.78, 5) is 156. The first-order chi connectivity index (χ1) is 40.0. The molecular formula is C56H86N8O19S3. The number of allylic oxidation sites excluding steroid dienone is 4. The Morgan fingerprint density at radius 3 is 1.53 bits per heavy atom. The van der Waals surface area contributed by atoms with Gasteiger partial charge in [-0.05, 0) is 94.4 Å². The van der Waals surface area contributed by atoms with Gasteiger partial charge in [-0.3, -0.25) is 43.2 Å². The summed E-state index contributed by atoms with van der Waals surface area (Å²) >= 11 is 4.74. The number of ether oxygens (including phenoxy) is 3. The molecule has 0 spiro atoms. The zero-order valence-electron chi connectivity index (χ0n) is 51.6. The quantitative estimate of drug-likeness (QED) is 0.0193. The minimum absolute atomic E-state index is 0.00828. The maximum absolute atomic E-state index is 12.6. The molecule has 27 nitrogen and oxygen atoms in total. The molecule has 2 unspecified atom stereocenters. The molecule has 0 aromatic carbocycles. The molecule has 3 aliphatic heterocycles. The summed E-state index contributed by atoms with van der Waals surface area (Å²) in [5.74, 6) is -6.57. The summed E-state index contributed by atoms with van der Waals surface area (Å²) in [7, 11) is 0. The first-order valence-corrected chi connectivity index (χ1v) is 31.1. The van der Waals surface area contributed by atoms with E-state index in [0.717, 1.165) is 27.1 Å². The lowest BCUT2D eigenvalue weighted by Gasteiger charge is -2.33. The number of esters is 3. The van der Waals surface area contributed by atoms with Gasteiger partial charge in [0.1, 0.15) is 50.0 Å². The molecule has 8 N–H and O–H groups in total. The molecule has 0 bridgehead atoms. The highest BCUT2D eigenvalue weighted by molar-refractivity contribution is 7.99. The van der Waals surface area contributed by atoms with E-state index in [1.807, 2.05) is 18.8 Å². The molecule has 0 saturated carbocycles. The largest absolute Gasteiger partial charge is 0.478 e. The van der Waals surface area contributed by atoms with E-state index in [0.29, 0.717) is 31.0 Å². The highest BCUT2D eigenvalue weighted by atomic mass is 32.2. The fourth-order valence-corrected chi connectivity index (χ4v) is 8.64. The van der Waals surface area contributed by atoms with Crippen molar-refractivity contribution in [2.24, 2.45) is 5.92 Å². The normalized spacial score (nSPS) is 16.0. The number of aliphatic carboxylic acids is 3. The third kappa shape index (κ3) is 30.6. The topological polar surface area (TPSA) is 380 Å². The van der Waals surface area contributed by atoms with E-state index >= 15 is 0 Å². The van der Waals surface area contributed by atoms with Crippen molar-refractivity contribution in [2.75, 3.05) is 88.4 Å². The van der Waals surface area contributed by atoms with Gasteiger partial charge in [-0.25, -0.2) is 19.2 Å². The van der Waals surface area contributed by atoms with E-state index in [4.69, 9.17) is 19.3 Å². The maximum Gasteiger partial charge on any atom is 0.334 e. The lowest BCUT2D eigenvalue weighted by molar-refractivity contribution is -0.158. The molecule has 0 saturated heterocycles. The molecule has 86 heavy (non-hydrogen) atoms. The first kappa shape index (κ1) is 78.7. The molecule has 0 aliphatic carbocycles. The van der Waals surface area contributed by atoms with Crippen molar-refractivity contribution >= 4 is 112 Å². The number of rotatable bonds is 27. The van der Waals surface area contributed by atoms with Gasteiger partial charge in [0, 0.05) is 91.9 Å². The summed E-state index contributed by atoms with van der Waals surface area (Å²) in [5, 5.41) is 40.9. The zero-order chi connectivity index (χ0) is 66.2. The van der Waals surface area contributed by atoms with Crippen LogP contribution >= 0.6 is 35.3 Å². The van der Waals surface area contributed by atoms with Crippen LogP contribution in [0.15, 0.2) is 58.2 Å². The Hall–Kier alpha value is -7.34. The molecule has 482 valence electrons. The van der Waals surface area contributed by atoms with E-state index in [-0.39, 0.29) is 110 Å². The molecule has 0 fully saturated rings. The number of nitrogens with zero attached hydrogens (tertiary/aromatic N) is 3. The van der Waals surface area contributed by atoms with E-state index < -0.39 is 76.6 Å². The van der Waals surface area contributed by atoms with Crippen molar-refractivity contribution in [2.45, 2.75) is 119 Å². The maximum atomic E-state index is 12.6. The van der Waals surface area contributed by atoms with Gasteiger partial charge < -0.3 is 70.8 Å². The summed E-state index contributed by atoms with van der Waals surface area (Å²) in [6.07, 6.45) is 8.50. The molecule has 3 heterocycles. The lowest BCUT2D eigenvalue weighted by Crippen LogP contribution is -2.53. The van der Waals surface area contributed by atoms with Crippen LogP contribution in [0.2, 0.25) is 0 Å². The Morgan fingerprint density at radius 2 is 1.08 bits per heavy atom. The molecule has 7 amide bonds. The van der Waals surface area contributed by atoms with Gasteiger partial charge in [-0.15, -0.1) is 0 Å². The standard InChI is InChI=1S/C17H26N2O6S.C14H21N3O5S.C13H21NO4.C12H18N2O4S/c1-10-14(16(23)24)11(8-12(20)18-6-7-26-5)15(22)19(10)9-13(21)25-17(2,3)4;1-8-10(14(21)22)6-11(16-9(2)18)13(20)17(8)7-12(19)15-4-5-23-3;1-6-7-17-11(15)8-10(2)14-9-12(16)18-13(3,4)5;1-8-9(12(17)18)3-4-11(16)14(8)7-10(15)13-5-6-19-2/h11H,6-9H2,1-5H3,(H,18,20)(H,23,24);11H,4-7H2,1-3H3,(H,15,19)(H,16,18)(H,21,22);6,8,14H,1,7,9H2,2-5H3;3-7H2,1-2H3,(H,13,15)(H,17,18)/b;;10-8+;. The van der Waals surface area contributed by atoms with Gasteiger partial charge in [0.2, 0.25) is 41.4 Å². The van der Waals surface area contributed by atoms with Crippen LogP contribution in [0, 0.1) is 5.92 Å². The van der Waals surface area contributed by atoms with Gasteiger partial charge in [0.25, 0.3) is 0 Å². The van der Waals surface area contributed by atoms with Crippen LogP contribution in [0.4, 0.5) is 0 Å². The van der Waals surface area contributed by atoms with E-state index in [9.17, 15) is 72.5 Å². The van der Waals surface area contributed by atoms with Gasteiger partial charge >= 0.3 is 35.8 Å². The van der Waals surface area contributed by atoms with Gasteiger partial charge in [0.05, 0.1) is 22.6 Å². The SMILES string of the molecule is C=CCOC(=O)/C=C(\C)NCC(=O)OC(C)(C)C.CSCCNC(=O)CC1C(=O)N(CC(=O)OC(C)(C)C)C(C)=C1C(=O)O.CSCCNC(=O)CN1C(=O)C(NC(C)=O)CC(C(=O)O)=C1C.CSCCNC(=O)CN1C(=O)CCC(C(=O)O)=C1C. The minimum Gasteiger partial charge on any atom is -0.478 e. The van der Waals surface area contributed by atoms with Crippen molar-refractivity contribution in [1.29, 1.82) is 0 Å². The number of hydrogen-bond acceptors (Lipinski definition) is 20.